The Morgan fingerprint density at radius 3 is 2.57 bits per heavy atom. The van der Waals surface area contributed by atoms with E-state index in [1.165, 1.54) is 24.3 Å². The molecule has 2 N–H and O–H groups in total. The number of oxazole rings is 1. The minimum Gasteiger partial charge on any atom is -0.436 e. The van der Waals surface area contributed by atoms with Crippen LogP contribution < -0.4 is 10.6 Å². The molecule has 1 fully saturated rings. The summed E-state index contributed by atoms with van der Waals surface area (Å²) >= 11 is 0. The molecule has 144 valence electrons. The number of benzene rings is 2. The monoisotopic (exact) mass is 389 g/mol. The van der Waals surface area contributed by atoms with E-state index in [9.17, 15) is 22.8 Å². The van der Waals surface area contributed by atoms with E-state index in [-0.39, 0.29) is 11.8 Å². The van der Waals surface area contributed by atoms with Crippen LogP contribution in [0.2, 0.25) is 0 Å². The third kappa shape index (κ3) is 3.42. The Morgan fingerprint density at radius 1 is 1.18 bits per heavy atom. The zero-order valence-corrected chi connectivity index (χ0v) is 14.3. The van der Waals surface area contributed by atoms with Crippen molar-refractivity contribution in [3.05, 3.63) is 53.6 Å². The van der Waals surface area contributed by atoms with Crippen molar-refractivity contribution in [3.8, 4) is 11.5 Å². The van der Waals surface area contributed by atoms with Gasteiger partial charge in [-0.2, -0.15) is 13.2 Å². The molecule has 0 saturated carbocycles. The summed E-state index contributed by atoms with van der Waals surface area (Å²) in [6.07, 6.45) is -3.90. The first-order chi connectivity index (χ1) is 13.3. The smallest absolute Gasteiger partial charge is 0.416 e. The van der Waals surface area contributed by atoms with E-state index in [0.29, 0.717) is 35.2 Å². The summed E-state index contributed by atoms with van der Waals surface area (Å²) < 4.78 is 43.6. The number of halogens is 3. The molecule has 2 amide bonds. The third-order valence-corrected chi connectivity index (χ3v) is 4.46. The molecule has 4 rings (SSSR count). The molecule has 1 saturated heterocycles. The topological polar surface area (TPSA) is 84.2 Å². The van der Waals surface area contributed by atoms with Crippen LogP contribution in [0.25, 0.3) is 22.6 Å². The van der Waals surface area contributed by atoms with Crippen molar-refractivity contribution in [2.24, 2.45) is 0 Å². The molecule has 0 unspecified atom stereocenters. The highest BCUT2D eigenvalue weighted by atomic mass is 19.4. The first-order valence-electron chi connectivity index (χ1n) is 8.48. The number of fused-ring (bicyclic) bond motifs is 1. The number of hydrogen-bond acceptors (Lipinski definition) is 4. The Balaban J connectivity index is 1.58. The Hall–Kier alpha value is -3.36. The molecule has 2 aromatic carbocycles. The van der Waals surface area contributed by atoms with E-state index in [2.05, 4.69) is 15.6 Å². The van der Waals surface area contributed by atoms with Gasteiger partial charge in [-0.15, -0.1) is 0 Å². The quantitative estimate of drug-likeness (QED) is 0.721. The van der Waals surface area contributed by atoms with Gasteiger partial charge in [0.1, 0.15) is 11.6 Å². The van der Waals surface area contributed by atoms with Crippen molar-refractivity contribution in [2.45, 2.75) is 18.6 Å². The maximum Gasteiger partial charge on any atom is 0.416 e. The number of rotatable bonds is 3. The van der Waals surface area contributed by atoms with Crippen LogP contribution in [0, 0.1) is 0 Å². The number of alkyl halides is 3. The lowest BCUT2D eigenvalue weighted by molar-refractivity contribution is -0.137. The van der Waals surface area contributed by atoms with Gasteiger partial charge < -0.3 is 15.1 Å². The zero-order valence-electron chi connectivity index (χ0n) is 14.3. The molecule has 1 aliphatic heterocycles. The number of nitrogens with one attached hydrogen (secondary N) is 2. The number of hydrogen-bond donors (Lipinski definition) is 2. The molecule has 3 aromatic rings. The van der Waals surface area contributed by atoms with E-state index < -0.39 is 23.7 Å². The highest BCUT2D eigenvalue weighted by Gasteiger charge is 2.30. The van der Waals surface area contributed by atoms with E-state index in [1.54, 1.807) is 6.07 Å². The number of nitrogens with zero attached hydrogens (tertiary/aromatic N) is 1. The standard InChI is InChI=1S/C19H14F3N3O3/c20-19(21,22)12-4-1-10(2-5-12)18-25-14-9-11(3-6-15(14)28-18)16(26)24-13-7-8-23-17(13)27/h1-6,9,13H,7-8H2,(H,23,27)(H,24,26)/t13-/m0/s1. The van der Waals surface area contributed by atoms with Crippen molar-refractivity contribution in [2.75, 3.05) is 6.54 Å². The van der Waals surface area contributed by atoms with E-state index in [4.69, 9.17) is 4.42 Å². The minimum atomic E-state index is -4.42. The first-order valence-corrected chi connectivity index (χ1v) is 8.48. The summed E-state index contributed by atoms with van der Waals surface area (Å²) in [5.41, 5.74) is 0.711. The zero-order chi connectivity index (χ0) is 19.9. The minimum absolute atomic E-state index is 0.149. The largest absolute Gasteiger partial charge is 0.436 e. The lowest BCUT2D eigenvalue weighted by Crippen LogP contribution is -2.40. The van der Waals surface area contributed by atoms with Crippen LogP contribution in [-0.4, -0.2) is 29.4 Å². The van der Waals surface area contributed by atoms with Crippen LogP contribution in [-0.2, 0) is 11.0 Å². The van der Waals surface area contributed by atoms with Crippen LogP contribution in [0.15, 0.2) is 46.9 Å². The Morgan fingerprint density at radius 2 is 1.93 bits per heavy atom. The highest BCUT2D eigenvalue weighted by molar-refractivity contribution is 6.00. The van der Waals surface area contributed by atoms with Gasteiger partial charge in [-0.25, -0.2) is 4.98 Å². The van der Waals surface area contributed by atoms with E-state index in [1.807, 2.05) is 0 Å². The molecule has 0 aliphatic carbocycles. The summed E-state index contributed by atoms with van der Waals surface area (Å²) in [6, 6.07) is 8.49. The molecule has 1 aliphatic rings. The second-order valence-corrected chi connectivity index (χ2v) is 6.38. The van der Waals surface area contributed by atoms with Gasteiger partial charge in [0.15, 0.2) is 5.58 Å². The molecule has 1 aromatic heterocycles. The summed E-state index contributed by atoms with van der Waals surface area (Å²) in [5.74, 6) is -0.486. The van der Waals surface area contributed by atoms with Gasteiger partial charge in [-0.05, 0) is 48.9 Å². The fourth-order valence-corrected chi connectivity index (χ4v) is 2.97. The van der Waals surface area contributed by atoms with E-state index in [0.717, 1.165) is 12.1 Å². The SMILES string of the molecule is O=C(N[C@H]1CCNC1=O)c1ccc2oc(-c3ccc(C(F)(F)F)cc3)nc2c1. The van der Waals surface area contributed by atoms with Gasteiger partial charge >= 0.3 is 6.18 Å². The number of carbonyl (C=O) groups excluding carboxylic acids is 2. The molecule has 6 nitrogen and oxygen atoms in total. The van der Waals surface area contributed by atoms with Crippen molar-refractivity contribution in [3.63, 3.8) is 0 Å². The maximum atomic E-state index is 12.7. The number of aromatic nitrogens is 1. The van der Waals surface area contributed by atoms with Gasteiger partial charge in [-0.1, -0.05) is 0 Å². The second-order valence-electron chi connectivity index (χ2n) is 6.38. The predicted octanol–water partition coefficient (Wildman–Crippen LogP) is 3.13. The highest BCUT2D eigenvalue weighted by Crippen LogP contribution is 2.31. The van der Waals surface area contributed by atoms with Crippen LogP contribution in [0.3, 0.4) is 0 Å². The van der Waals surface area contributed by atoms with Crippen LogP contribution in [0.5, 0.6) is 0 Å². The molecule has 2 heterocycles. The van der Waals surface area contributed by atoms with Crippen LogP contribution >= 0.6 is 0 Å². The third-order valence-electron chi connectivity index (χ3n) is 4.46. The lowest BCUT2D eigenvalue weighted by Gasteiger charge is -2.09. The van der Waals surface area contributed by atoms with Gasteiger partial charge in [0, 0.05) is 17.7 Å². The van der Waals surface area contributed by atoms with Gasteiger partial charge in [0.25, 0.3) is 5.91 Å². The first kappa shape index (κ1) is 18.0. The molecule has 0 radical (unpaired) electrons. The molecular formula is C19H14F3N3O3. The fourth-order valence-electron chi connectivity index (χ4n) is 2.97. The summed E-state index contributed by atoms with van der Waals surface area (Å²) in [5, 5.41) is 5.29. The van der Waals surface area contributed by atoms with Crippen LogP contribution in [0.4, 0.5) is 13.2 Å². The Labute approximate surface area is 156 Å². The van der Waals surface area contributed by atoms with Crippen molar-refractivity contribution in [1.29, 1.82) is 0 Å². The number of amides is 2. The fraction of sp³-hybridized carbons (Fsp3) is 0.211. The molecule has 0 spiro atoms. The second kappa shape index (κ2) is 6.66. The Bertz CT molecular complexity index is 1060. The molecule has 28 heavy (non-hydrogen) atoms. The molecule has 9 heteroatoms. The summed E-state index contributed by atoms with van der Waals surface area (Å²) in [6.45, 7) is 0.516. The number of carbonyl (C=O) groups is 2. The van der Waals surface area contributed by atoms with Gasteiger partial charge in [0.2, 0.25) is 11.8 Å². The van der Waals surface area contributed by atoms with Crippen LogP contribution in [0.1, 0.15) is 22.3 Å². The summed E-state index contributed by atoms with van der Waals surface area (Å²) in [7, 11) is 0. The van der Waals surface area contributed by atoms with Crippen molar-refractivity contribution < 1.29 is 27.2 Å². The van der Waals surface area contributed by atoms with Crippen molar-refractivity contribution >= 4 is 22.9 Å². The average Bonchev–Trinajstić information content (AvgIpc) is 3.26. The normalized spacial score (nSPS) is 17.0. The molecule has 1 atom stereocenters. The molecular weight excluding hydrogens is 375 g/mol. The lowest BCUT2D eigenvalue weighted by atomic mass is 10.1. The molecule has 0 bridgehead atoms. The average molecular weight is 389 g/mol. The predicted molar refractivity (Wildman–Crippen MR) is 93.3 cm³/mol. The maximum absolute atomic E-state index is 12.7. The van der Waals surface area contributed by atoms with Gasteiger partial charge in [0.05, 0.1) is 5.56 Å². The summed E-state index contributed by atoms with van der Waals surface area (Å²) in [4.78, 5) is 28.2. The van der Waals surface area contributed by atoms with Crippen molar-refractivity contribution in [1.82, 2.24) is 15.6 Å². The Kier molecular flexibility index (Phi) is 4.29. The van der Waals surface area contributed by atoms with Gasteiger partial charge in [-0.3, -0.25) is 9.59 Å². The van der Waals surface area contributed by atoms with E-state index >= 15 is 0 Å².